The largest absolute Gasteiger partial charge is 0.462 e. The standard InChI is InChI=1S/C7H11N3O4S/c1-3-14-7(11)5-4-9-15(12,13)10(2)6(5)8/h4,8-9H,3H2,1-2H3. The third-order valence-electron chi connectivity index (χ3n) is 1.78. The second-order valence-corrected chi connectivity index (χ2v) is 4.45. The molecule has 0 aromatic heterocycles. The third-order valence-corrected chi connectivity index (χ3v) is 3.10. The normalized spacial score (nSPS) is 19.2. The summed E-state index contributed by atoms with van der Waals surface area (Å²) in [6.07, 6.45) is 0.954. The molecule has 1 aliphatic heterocycles. The van der Waals surface area contributed by atoms with E-state index < -0.39 is 22.0 Å². The highest BCUT2D eigenvalue weighted by atomic mass is 32.2. The Balaban J connectivity index is 3.00. The van der Waals surface area contributed by atoms with E-state index in [1.54, 1.807) is 6.92 Å². The van der Waals surface area contributed by atoms with Crippen LogP contribution in [0.25, 0.3) is 0 Å². The molecule has 2 N–H and O–H groups in total. The fourth-order valence-corrected chi connectivity index (χ4v) is 1.70. The number of hydrogen-bond donors (Lipinski definition) is 2. The number of esters is 1. The second kappa shape index (κ2) is 3.89. The summed E-state index contributed by atoms with van der Waals surface area (Å²) in [5.41, 5.74) is -0.117. The monoisotopic (exact) mass is 233 g/mol. The molecule has 1 heterocycles. The van der Waals surface area contributed by atoms with Crippen LogP contribution >= 0.6 is 0 Å². The maximum atomic E-state index is 11.3. The summed E-state index contributed by atoms with van der Waals surface area (Å²) in [6, 6.07) is 0. The quantitative estimate of drug-likeness (QED) is 0.609. The Morgan fingerprint density at radius 1 is 1.67 bits per heavy atom. The van der Waals surface area contributed by atoms with Gasteiger partial charge in [-0.2, -0.15) is 8.42 Å². The van der Waals surface area contributed by atoms with Crippen LogP contribution in [0.5, 0.6) is 0 Å². The number of carbonyl (C=O) groups excluding carboxylic acids is 1. The van der Waals surface area contributed by atoms with Gasteiger partial charge in [0.25, 0.3) is 0 Å². The Labute approximate surface area is 87.4 Å². The molecule has 0 radical (unpaired) electrons. The molecule has 0 fully saturated rings. The van der Waals surface area contributed by atoms with E-state index in [-0.39, 0.29) is 12.2 Å². The van der Waals surface area contributed by atoms with Gasteiger partial charge in [-0.15, -0.1) is 0 Å². The van der Waals surface area contributed by atoms with Gasteiger partial charge >= 0.3 is 16.2 Å². The molecule has 0 saturated carbocycles. The minimum atomic E-state index is -3.72. The summed E-state index contributed by atoms with van der Waals surface area (Å²) in [5, 5.41) is 7.45. The molecule has 0 saturated heterocycles. The first-order valence-electron chi connectivity index (χ1n) is 4.12. The number of amidine groups is 1. The van der Waals surface area contributed by atoms with Gasteiger partial charge in [0, 0.05) is 13.2 Å². The van der Waals surface area contributed by atoms with Crippen molar-refractivity contribution in [3.8, 4) is 0 Å². The summed E-state index contributed by atoms with van der Waals surface area (Å²) in [5.74, 6) is -1.14. The molecule has 0 unspecified atom stereocenters. The molecule has 0 amide bonds. The number of carbonyl (C=O) groups is 1. The maximum Gasteiger partial charge on any atom is 0.343 e. The van der Waals surface area contributed by atoms with Crippen LogP contribution in [0.15, 0.2) is 11.8 Å². The first kappa shape index (κ1) is 11.5. The molecule has 0 atom stereocenters. The van der Waals surface area contributed by atoms with Crippen molar-refractivity contribution in [3.05, 3.63) is 11.8 Å². The predicted octanol–water partition coefficient (Wildman–Crippen LogP) is -0.810. The number of ether oxygens (including phenoxy) is 1. The van der Waals surface area contributed by atoms with Gasteiger partial charge in [-0.25, -0.2) is 9.10 Å². The summed E-state index contributed by atoms with van der Waals surface area (Å²) >= 11 is 0. The summed E-state index contributed by atoms with van der Waals surface area (Å²) < 4.78 is 29.7. The fraction of sp³-hybridized carbons (Fsp3) is 0.429. The van der Waals surface area contributed by atoms with E-state index in [1.807, 2.05) is 4.72 Å². The predicted molar refractivity (Wildman–Crippen MR) is 52.3 cm³/mol. The molecular formula is C7H11N3O4S. The highest BCUT2D eigenvalue weighted by Crippen LogP contribution is 2.11. The lowest BCUT2D eigenvalue weighted by molar-refractivity contribution is -0.137. The number of likely N-dealkylation sites (N-methyl/N-ethyl adjacent to an activating group) is 1. The lowest BCUT2D eigenvalue weighted by Gasteiger charge is -2.24. The van der Waals surface area contributed by atoms with Crippen LogP contribution in [-0.4, -0.2) is 38.2 Å². The Morgan fingerprint density at radius 2 is 2.27 bits per heavy atom. The zero-order valence-electron chi connectivity index (χ0n) is 8.27. The zero-order chi connectivity index (χ0) is 11.6. The van der Waals surface area contributed by atoms with E-state index >= 15 is 0 Å². The first-order chi connectivity index (χ1) is 6.90. The van der Waals surface area contributed by atoms with Crippen molar-refractivity contribution in [1.29, 1.82) is 5.41 Å². The third kappa shape index (κ3) is 2.09. The van der Waals surface area contributed by atoms with Crippen LogP contribution in [0.2, 0.25) is 0 Å². The fourth-order valence-electron chi connectivity index (χ4n) is 0.935. The van der Waals surface area contributed by atoms with Crippen LogP contribution < -0.4 is 4.72 Å². The van der Waals surface area contributed by atoms with Crippen LogP contribution in [0, 0.1) is 5.41 Å². The Bertz CT molecular complexity index is 426. The first-order valence-corrected chi connectivity index (χ1v) is 5.56. The van der Waals surface area contributed by atoms with Crippen LogP contribution in [-0.2, 0) is 19.7 Å². The summed E-state index contributed by atoms with van der Waals surface area (Å²) in [7, 11) is -2.54. The number of rotatable bonds is 2. The molecule has 1 aliphatic rings. The van der Waals surface area contributed by atoms with E-state index in [4.69, 9.17) is 5.41 Å². The molecule has 84 valence electrons. The van der Waals surface area contributed by atoms with Gasteiger partial charge in [-0.3, -0.25) is 10.1 Å². The summed E-state index contributed by atoms with van der Waals surface area (Å²) in [4.78, 5) is 11.3. The van der Waals surface area contributed by atoms with E-state index in [0.717, 1.165) is 6.20 Å². The van der Waals surface area contributed by atoms with Crippen LogP contribution in [0.4, 0.5) is 0 Å². The molecule has 7 nitrogen and oxygen atoms in total. The Hall–Kier alpha value is -1.57. The van der Waals surface area contributed by atoms with Crippen LogP contribution in [0.1, 0.15) is 6.92 Å². The van der Waals surface area contributed by atoms with Gasteiger partial charge < -0.3 is 4.74 Å². The van der Waals surface area contributed by atoms with Crippen molar-refractivity contribution in [2.45, 2.75) is 6.92 Å². The number of nitrogens with one attached hydrogen (secondary N) is 2. The Kier molecular flexibility index (Phi) is 2.98. The van der Waals surface area contributed by atoms with E-state index in [2.05, 4.69) is 4.74 Å². The molecule has 15 heavy (non-hydrogen) atoms. The minimum Gasteiger partial charge on any atom is -0.462 e. The van der Waals surface area contributed by atoms with Crippen LogP contribution in [0.3, 0.4) is 0 Å². The van der Waals surface area contributed by atoms with E-state index in [1.165, 1.54) is 7.05 Å². The number of nitrogens with zero attached hydrogens (tertiary/aromatic N) is 1. The molecule has 8 heteroatoms. The van der Waals surface area contributed by atoms with Crippen molar-refractivity contribution >= 4 is 22.0 Å². The maximum absolute atomic E-state index is 11.3. The minimum absolute atomic E-state index is 0.117. The lowest BCUT2D eigenvalue weighted by Crippen LogP contribution is -2.46. The molecular weight excluding hydrogens is 222 g/mol. The van der Waals surface area contributed by atoms with E-state index in [0.29, 0.717) is 4.31 Å². The molecule has 0 aromatic carbocycles. The lowest BCUT2D eigenvalue weighted by atomic mass is 10.2. The van der Waals surface area contributed by atoms with Gasteiger partial charge in [0.05, 0.1) is 6.61 Å². The molecule has 0 bridgehead atoms. The van der Waals surface area contributed by atoms with Gasteiger partial charge in [0.15, 0.2) is 5.84 Å². The number of hydrogen-bond acceptors (Lipinski definition) is 5. The van der Waals surface area contributed by atoms with Crippen molar-refractivity contribution in [1.82, 2.24) is 9.03 Å². The van der Waals surface area contributed by atoms with Crippen molar-refractivity contribution < 1.29 is 17.9 Å². The summed E-state index contributed by atoms with van der Waals surface area (Å²) in [6.45, 7) is 1.79. The van der Waals surface area contributed by atoms with E-state index in [9.17, 15) is 13.2 Å². The highest BCUT2D eigenvalue weighted by molar-refractivity contribution is 7.87. The zero-order valence-corrected chi connectivity index (χ0v) is 9.09. The van der Waals surface area contributed by atoms with Crippen molar-refractivity contribution in [2.24, 2.45) is 0 Å². The SMILES string of the molecule is CCOC(=O)C1=CNS(=O)(=O)N(C)C1=N. The average molecular weight is 233 g/mol. The van der Waals surface area contributed by atoms with Gasteiger partial charge in [-0.1, -0.05) is 0 Å². The smallest absolute Gasteiger partial charge is 0.343 e. The Morgan fingerprint density at radius 3 is 2.80 bits per heavy atom. The average Bonchev–Trinajstić information content (AvgIpc) is 2.15. The van der Waals surface area contributed by atoms with Gasteiger partial charge in [0.2, 0.25) is 0 Å². The van der Waals surface area contributed by atoms with Crippen molar-refractivity contribution in [3.63, 3.8) is 0 Å². The van der Waals surface area contributed by atoms with Gasteiger partial charge in [0.1, 0.15) is 5.57 Å². The van der Waals surface area contributed by atoms with Gasteiger partial charge in [-0.05, 0) is 6.92 Å². The molecule has 1 rings (SSSR count). The molecule has 0 aliphatic carbocycles. The highest BCUT2D eigenvalue weighted by Gasteiger charge is 2.31. The topological polar surface area (TPSA) is 99.6 Å². The molecule has 0 spiro atoms. The second-order valence-electron chi connectivity index (χ2n) is 2.72. The molecule has 0 aromatic rings. The van der Waals surface area contributed by atoms with Crippen molar-refractivity contribution in [2.75, 3.05) is 13.7 Å².